The molecule has 0 unspecified atom stereocenters. The van der Waals surface area contributed by atoms with Crippen molar-refractivity contribution in [3.05, 3.63) is 47.0 Å². The Morgan fingerprint density at radius 2 is 1.76 bits per heavy atom. The molecule has 130 valence electrons. The zero-order valence-corrected chi connectivity index (χ0v) is 14.7. The molecular weight excluding hydrogens is 367 g/mol. The second kappa shape index (κ2) is 5.85. The molecular formula is C16H13FN2O4S2. The molecule has 2 heterocycles. The van der Waals surface area contributed by atoms with Gasteiger partial charge in [-0.15, -0.1) is 4.40 Å². The van der Waals surface area contributed by atoms with Crippen molar-refractivity contribution in [2.45, 2.75) is 4.90 Å². The number of fused-ring (bicyclic) bond motifs is 2. The Hall–Kier alpha value is -2.39. The zero-order valence-electron chi connectivity index (χ0n) is 13.1. The lowest BCUT2D eigenvalue weighted by Gasteiger charge is -2.18. The topological polar surface area (TPSA) is 69.9 Å². The van der Waals surface area contributed by atoms with Gasteiger partial charge in [0, 0.05) is 19.2 Å². The van der Waals surface area contributed by atoms with E-state index < -0.39 is 15.8 Å². The Bertz CT molecular complexity index is 1130. The number of benzene rings is 2. The quantitative estimate of drug-likeness (QED) is 0.685. The second-order valence-corrected chi connectivity index (χ2v) is 8.04. The summed E-state index contributed by atoms with van der Waals surface area (Å²) >= 11 is 1.23. The van der Waals surface area contributed by atoms with Crippen LogP contribution in [-0.2, 0) is 17.1 Å². The Morgan fingerprint density at radius 3 is 2.44 bits per heavy atom. The maximum Gasteiger partial charge on any atom is 0.285 e. The van der Waals surface area contributed by atoms with Gasteiger partial charge >= 0.3 is 0 Å². The van der Waals surface area contributed by atoms with Crippen molar-refractivity contribution in [1.29, 1.82) is 0 Å². The van der Waals surface area contributed by atoms with Crippen molar-refractivity contribution >= 4 is 31.6 Å². The highest BCUT2D eigenvalue weighted by Gasteiger charge is 2.17. The summed E-state index contributed by atoms with van der Waals surface area (Å²) in [7, 11) is -2.20. The fourth-order valence-electron chi connectivity index (χ4n) is 2.52. The van der Waals surface area contributed by atoms with Gasteiger partial charge in [0.2, 0.25) is 4.80 Å². The molecule has 0 fully saturated rings. The molecule has 0 saturated heterocycles. The highest BCUT2D eigenvalue weighted by molar-refractivity contribution is 7.90. The summed E-state index contributed by atoms with van der Waals surface area (Å²) in [6.07, 6.45) is 0. The van der Waals surface area contributed by atoms with E-state index in [1.165, 1.54) is 23.5 Å². The average Bonchev–Trinajstić information content (AvgIpc) is 2.88. The van der Waals surface area contributed by atoms with Crippen molar-refractivity contribution in [2.24, 2.45) is 11.4 Å². The lowest BCUT2D eigenvalue weighted by Crippen LogP contribution is -2.15. The summed E-state index contributed by atoms with van der Waals surface area (Å²) in [5, 5.41) is 0. The van der Waals surface area contributed by atoms with Gasteiger partial charge < -0.3 is 14.0 Å². The van der Waals surface area contributed by atoms with Crippen LogP contribution in [0.4, 0.5) is 4.39 Å². The molecule has 1 aliphatic heterocycles. The van der Waals surface area contributed by atoms with Gasteiger partial charge in [0.15, 0.2) is 11.5 Å². The minimum Gasteiger partial charge on any atom is -0.486 e. The van der Waals surface area contributed by atoms with Crippen LogP contribution in [0.15, 0.2) is 45.7 Å². The van der Waals surface area contributed by atoms with Crippen LogP contribution in [0.1, 0.15) is 0 Å². The van der Waals surface area contributed by atoms with Crippen LogP contribution in [0.25, 0.3) is 10.2 Å². The van der Waals surface area contributed by atoms with Crippen molar-refractivity contribution < 1.29 is 22.3 Å². The van der Waals surface area contributed by atoms with Crippen LogP contribution in [0.3, 0.4) is 0 Å². The van der Waals surface area contributed by atoms with Crippen LogP contribution < -0.4 is 14.3 Å². The normalized spacial score (nSPS) is 14.9. The number of hydrogen-bond acceptors (Lipinski definition) is 5. The molecule has 25 heavy (non-hydrogen) atoms. The number of ether oxygens (including phenoxy) is 2. The number of aryl methyl sites for hydroxylation is 1. The van der Waals surface area contributed by atoms with E-state index in [2.05, 4.69) is 4.40 Å². The van der Waals surface area contributed by atoms with Gasteiger partial charge in [-0.2, -0.15) is 8.42 Å². The Balaban J connectivity index is 1.87. The molecule has 6 nitrogen and oxygen atoms in total. The first kappa shape index (κ1) is 16.1. The highest BCUT2D eigenvalue weighted by atomic mass is 32.2. The van der Waals surface area contributed by atoms with E-state index in [0.717, 1.165) is 22.3 Å². The van der Waals surface area contributed by atoms with E-state index in [1.54, 1.807) is 11.6 Å². The standard InChI is InChI=1S/C16H13FN2O4S2/c1-19-12-8-13-14(23-7-6-22-13)9-15(12)24-16(19)18-25(20,21)11-4-2-10(17)3-5-11/h2-5,8-9H,6-7H2,1H3. The number of nitrogens with zero attached hydrogens (tertiary/aromatic N) is 2. The predicted molar refractivity (Wildman–Crippen MR) is 90.9 cm³/mol. The highest BCUT2D eigenvalue weighted by Crippen LogP contribution is 2.35. The number of sulfonamides is 1. The number of halogens is 1. The average molecular weight is 380 g/mol. The minimum absolute atomic E-state index is 0.0580. The minimum atomic E-state index is -3.93. The maximum atomic E-state index is 13.0. The molecule has 0 atom stereocenters. The summed E-state index contributed by atoms with van der Waals surface area (Å²) in [6, 6.07) is 8.21. The summed E-state index contributed by atoms with van der Waals surface area (Å²) in [5.74, 6) is 0.755. The SMILES string of the molecule is Cn1c(=NS(=O)(=O)c2ccc(F)cc2)sc2cc3c(cc21)OCCO3. The molecule has 0 N–H and O–H groups in total. The molecule has 0 saturated carbocycles. The van der Waals surface area contributed by atoms with Crippen molar-refractivity contribution in [2.75, 3.05) is 13.2 Å². The molecule has 1 aliphatic rings. The van der Waals surface area contributed by atoms with Gasteiger partial charge in [-0.05, 0) is 24.3 Å². The van der Waals surface area contributed by atoms with Gasteiger partial charge in [-0.25, -0.2) is 4.39 Å². The fourth-order valence-corrected chi connectivity index (χ4v) is 4.77. The molecule has 4 rings (SSSR count). The van der Waals surface area contributed by atoms with Crippen molar-refractivity contribution in [3.8, 4) is 11.5 Å². The van der Waals surface area contributed by atoms with Gasteiger partial charge in [0.05, 0.1) is 15.1 Å². The smallest absolute Gasteiger partial charge is 0.285 e. The molecule has 0 bridgehead atoms. The number of aromatic nitrogens is 1. The number of hydrogen-bond donors (Lipinski definition) is 0. The zero-order chi connectivity index (χ0) is 17.6. The van der Waals surface area contributed by atoms with Gasteiger partial charge in [0.25, 0.3) is 10.0 Å². The van der Waals surface area contributed by atoms with E-state index in [9.17, 15) is 12.8 Å². The third kappa shape index (κ3) is 2.89. The molecule has 2 aromatic carbocycles. The number of rotatable bonds is 2. The third-order valence-electron chi connectivity index (χ3n) is 3.78. The largest absolute Gasteiger partial charge is 0.486 e. The van der Waals surface area contributed by atoms with Gasteiger partial charge in [-0.3, -0.25) is 0 Å². The first-order chi connectivity index (χ1) is 11.9. The molecule has 0 aliphatic carbocycles. The third-order valence-corrected chi connectivity index (χ3v) is 6.27. The predicted octanol–water partition coefficient (Wildman–Crippen LogP) is 2.44. The van der Waals surface area contributed by atoms with Crippen LogP contribution in [-0.4, -0.2) is 26.2 Å². The Morgan fingerprint density at radius 1 is 1.12 bits per heavy atom. The van der Waals surface area contributed by atoms with Crippen molar-refractivity contribution in [3.63, 3.8) is 0 Å². The van der Waals surface area contributed by atoms with Gasteiger partial charge in [-0.1, -0.05) is 11.3 Å². The molecule has 0 amide bonds. The molecule has 0 spiro atoms. The lowest BCUT2D eigenvalue weighted by atomic mass is 10.3. The van der Waals surface area contributed by atoms with E-state index in [0.29, 0.717) is 29.5 Å². The van der Waals surface area contributed by atoms with Crippen molar-refractivity contribution in [1.82, 2.24) is 4.57 Å². The van der Waals surface area contributed by atoms with Crippen LogP contribution >= 0.6 is 11.3 Å². The molecule has 9 heteroatoms. The molecule has 1 aromatic heterocycles. The second-order valence-electron chi connectivity index (χ2n) is 5.43. The van der Waals surface area contributed by atoms with Crippen LogP contribution in [0.2, 0.25) is 0 Å². The van der Waals surface area contributed by atoms with E-state index in [4.69, 9.17) is 9.47 Å². The summed E-state index contributed by atoms with van der Waals surface area (Å²) in [5.41, 5.74) is 0.794. The summed E-state index contributed by atoms with van der Waals surface area (Å²) in [6.45, 7) is 0.953. The summed E-state index contributed by atoms with van der Waals surface area (Å²) < 4.78 is 55.4. The molecule has 3 aromatic rings. The Labute approximate surface area is 146 Å². The Kier molecular flexibility index (Phi) is 3.77. The molecule has 0 radical (unpaired) electrons. The lowest BCUT2D eigenvalue weighted by molar-refractivity contribution is 0.172. The monoisotopic (exact) mass is 380 g/mol. The first-order valence-electron chi connectivity index (χ1n) is 7.40. The van der Waals surface area contributed by atoms with Crippen LogP contribution in [0, 0.1) is 5.82 Å². The van der Waals surface area contributed by atoms with E-state index in [1.807, 2.05) is 12.1 Å². The number of thiazole rings is 1. The fraction of sp³-hybridized carbons (Fsp3) is 0.188. The van der Waals surface area contributed by atoms with Gasteiger partial charge in [0.1, 0.15) is 19.0 Å². The first-order valence-corrected chi connectivity index (χ1v) is 9.65. The maximum absolute atomic E-state index is 13.0. The van der Waals surface area contributed by atoms with E-state index in [-0.39, 0.29) is 4.90 Å². The van der Waals surface area contributed by atoms with E-state index >= 15 is 0 Å². The van der Waals surface area contributed by atoms with Crippen LogP contribution in [0.5, 0.6) is 11.5 Å². The summed E-state index contributed by atoms with van der Waals surface area (Å²) in [4.78, 5) is 0.249.